The molecule has 1 saturated heterocycles. The molecule has 3 aromatic heterocycles. The van der Waals surface area contributed by atoms with Crippen LogP contribution in [0.4, 0.5) is 0 Å². The molecule has 9 heteroatoms. The number of ether oxygens (including phenoxy) is 1. The minimum Gasteiger partial charge on any atom is -0.494 e. The van der Waals surface area contributed by atoms with Crippen molar-refractivity contribution < 1.29 is 9.53 Å². The fraction of sp³-hybridized carbons (Fsp3) is 0.407. The molecule has 0 bridgehead atoms. The Hall–Kier alpha value is -3.90. The van der Waals surface area contributed by atoms with Gasteiger partial charge < -0.3 is 24.5 Å². The van der Waals surface area contributed by atoms with Gasteiger partial charge in [-0.05, 0) is 55.5 Å². The van der Waals surface area contributed by atoms with Crippen molar-refractivity contribution in [1.29, 1.82) is 5.26 Å². The molecule has 0 radical (unpaired) electrons. The number of amides is 1. The molecule has 2 fully saturated rings. The van der Waals surface area contributed by atoms with E-state index in [4.69, 9.17) is 15.5 Å². The highest BCUT2D eigenvalue weighted by Gasteiger charge is 2.30. The lowest BCUT2D eigenvalue weighted by Gasteiger charge is -2.33. The number of methoxy groups -OCH3 is 1. The molecule has 1 unspecified atom stereocenters. The van der Waals surface area contributed by atoms with Crippen molar-refractivity contribution in [3.05, 3.63) is 42.1 Å². The number of piperidine rings is 1. The lowest BCUT2D eigenvalue weighted by molar-refractivity contribution is 0.0679. The van der Waals surface area contributed by atoms with Crippen molar-refractivity contribution in [2.45, 2.75) is 31.8 Å². The molecule has 4 aromatic rings. The van der Waals surface area contributed by atoms with E-state index >= 15 is 0 Å². The second-order valence-electron chi connectivity index (χ2n) is 10.1. The summed E-state index contributed by atoms with van der Waals surface area (Å²) in [5, 5.41) is 10.5. The van der Waals surface area contributed by atoms with Crippen molar-refractivity contribution in [2.75, 3.05) is 20.2 Å². The Labute approximate surface area is 209 Å². The van der Waals surface area contributed by atoms with Gasteiger partial charge in [0.1, 0.15) is 16.9 Å². The molecule has 2 aliphatic rings. The summed E-state index contributed by atoms with van der Waals surface area (Å²) in [5.41, 5.74) is 10.1. The molecule has 0 spiro atoms. The second-order valence-corrected chi connectivity index (χ2v) is 10.1. The van der Waals surface area contributed by atoms with E-state index < -0.39 is 0 Å². The van der Waals surface area contributed by atoms with E-state index in [1.54, 1.807) is 18.1 Å². The number of aromatic nitrogens is 4. The van der Waals surface area contributed by atoms with Crippen molar-refractivity contribution in [1.82, 2.24) is 24.0 Å². The van der Waals surface area contributed by atoms with E-state index in [1.165, 1.54) is 12.8 Å². The number of nitriles is 1. The number of carbonyl (C=O) groups is 1. The number of fused-ring (bicyclic) bond motifs is 2. The zero-order valence-corrected chi connectivity index (χ0v) is 20.5. The quantitative estimate of drug-likeness (QED) is 0.466. The van der Waals surface area contributed by atoms with Crippen LogP contribution in [0.2, 0.25) is 0 Å². The molecule has 2 N–H and O–H groups in total. The predicted octanol–water partition coefficient (Wildman–Crippen LogP) is 3.32. The van der Waals surface area contributed by atoms with Gasteiger partial charge in [0.25, 0.3) is 5.91 Å². The summed E-state index contributed by atoms with van der Waals surface area (Å²) in [7, 11) is 3.58. The lowest BCUT2D eigenvalue weighted by atomic mass is 9.95. The third kappa shape index (κ3) is 3.78. The zero-order valence-electron chi connectivity index (χ0n) is 20.5. The number of hydrogen-bond donors (Lipinski definition) is 1. The Kier molecular flexibility index (Phi) is 5.41. The molecule has 4 heterocycles. The van der Waals surface area contributed by atoms with Gasteiger partial charge in [-0.2, -0.15) is 5.26 Å². The Morgan fingerprint density at radius 2 is 2.11 bits per heavy atom. The SMILES string of the molecule is COc1cc(C(=O)N2CC(N)C[C@@H](C#N)C2)cc2nc(-c3cc4cccnc4n3CC3CC3)n(C)c12. The average molecular weight is 484 g/mol. The third-order valence-electron chi connectivity index (χ3n) is 7.38. The first-order valence-electron chi connectivity index (χ1n) is 12.4. The Morgan fingerprint density at radius 1 is 1.28 bits per heavy atom. The van der Waals surface area contributed by atoms with Crippen LogP contribution < -0.4 is 10.5 Å². The van der Waals surface area contributed by atoms with Crippen LogP contribution in [0.15, 0.2) is 36.5 Å². The fourth-order valence-electron chi connectivity index (χ4n) is 5.41. The van der Waals surface area contributed by atoms with E-state index in [1.807, 2.05) is 29.9 Å². The number of pyridine rings is 1. The molecule has 1 aromatic carbocycles. The molecular formula is C27H29N7O2. The van der Waals surface area contributed by atoms with E-state index in [0.29, 0.717) is 42.3 Å². The summed E-state index contributed by atoms with van der Waals surface area (Å²) in [5.74, 6) is 1.63. The van der Waals surface area contributed by atoms with Crippen LogP contribution in [0, 0.1) is 23.2 Å². The highest BCUT2D eigenvalue weighted by molar-refractivity contribution is 6.00. The van der Waals surface area contributed by atoms with Crippen LogP contribution in [0.25, 0.3) is 33.6 Å². The van der Waals surface area contributed by atoms with Crippen LogP contribution in [-0.4, -0.2) is 56.2 Å². The Balaban J connectivity index is 1.45. The summed E-state index contributed by atoms with van der Waals surface area (Å²) in [6.07, 6.45) is 4.91. The van der Waals surface area contributed by atoms with Gasteiger partial charge in [0, 0.05) is 49.9 Å². The van der Waals surface area contributed by atoms with Gasteiger partial charge in [0.05, 0.1) is 30.3 Å². The van der Waals surface area contributed by atoms with Crippen LogP contribution in [0.3, 0.4) is 0 Å². The predicted molar refractivity (Wildman–Crippen MR) is 136 cm³/mol. The van der Waals surface area contributed by atoms with E-state index in [-0.39, 0.29) is 17.9 Å². The van der Waals surface area contributed by atoms with Gasteiger partial charge in [0.2, 0.25) is 0 Å². The minimum atomic E-state index is -0.258. The van der Waals surface area contributed by atoms with Crippen molar-refractivity contribution in [2.24, 2.45) is 24.6 Å². The van der Waals surface area contributed by atoms with Crippen molar-refractivity contribution in [3.8, 4) is 23.3 Å². The van der Waals surface area contributed by atoms with E-state index in [9.17, 15) is 10.1 Å². The summed E-state index contributed by atoms with van der Waals surface area (Å²) in [4.78, 5) is 24.8. The molecule has 6 rings (SSSR count). The van der Waals surface area contributed by atoms with Gasteiger partial charge in [-0.3, -0.25) is 4.79 Å². The molecule has 1 aliphatic carbocycles. The Bertz CT molecular complexity index is 1520. The van der Waals surface area contributed by atoms with E-state index in [2.05, 4.69) is 27.8 Å². The van der Waals surface area contributed by atoms with Gasteiger partial charge >= 0.3 is 0 Å². The minimum absolute atomic E-state index is 0.162. The lowest BCUT2D eigenvalue weighted by Crippen LogP contribution is -2.49. The molecule has 1 saturated carbocycles. The highest BCUT2D eigenvalue weighted by atomic mass is 16.5. The van der Waals surface area contributed by atoms with Crippen LogP contribution >= 0.6 is 0 Å². The Morgan fingerprint density at radius 3 is 2.86 bits per heavy atom. The maximum absolute atomic E-state index is 13.4. The average Bonchev–Trinajstić information content (AvgIpc) is 3.56. The molecule has 2 atom stereocenters. The van der Waals surface area contributed by atoms with Crippen LogP contribution in [0.1, 0.15) is 29.6 Å². The zero-order chi connectivity index (χ0) is 25.0. The van der Waals surface area contributed by atoms with Gasteiger partial charge in [-0.25, -0.2) is 9.97 Å². The third-order valence-corrected chi connectivity index (χ3v) is 7.38. The van der Waals surface area contributed by atoms with Crippen LogP contribution in [-0.2, 0) is 13.6 Å². The standard InChI is InChI=1S/C27H29N7O2/c1-32-24-21(9-19(11-23(24)36-2)27(35)33-13-17(12-28)8-20(29)15-33)31-26(32)22-10-18-4-3-7-30-25(18)34(22)14-16-5-6-16/h3-4,7,9-11,16-17,20H,5-6,8,13-15,29H2,1-2H3/t17-,20?/m0/s1. The second kappa shape index (κ2) is 8.64. The smallest absolute Gasteiger partial charge is 0.254 e. The number of aryl methyl sites for hydroxylation is 1. The first kappa shape index (κ1) is 22.6. The summed E-state index contributed by atoms with van der Waals surface area (Å²) < 4.78 is 10.0. The number of imidazole rings is 1. The molecule has 1 amide bonds. The molecule has 184 valence electrons. The molecule has 36 heavy (non-hydrogen) atoms. The first-order chi connectivity index (χ1) is 17.5. The number of nitrogens with zero attached hydrogens (tertiary/aromatic N) is 6. The maximum atomic E-state index is 13.4. The topological polar surface area (TPSA) is 115 Å². The summed E-state index contributed by atoms with van der Waals surface area (Å²) in [6, 6.07) is 11.8. The van der Waals surface area contributed by atoms with E-state index in [0.717, 1.165) is 34.6 Å². The largest absolute Gasteiger partial charge is 0.494 e. The highest BCUT2D eigenvalue weighted by Crippen LogP contribution is 2.37. The van der Waals surface area contributed by atoms with Crippen molar-refractivity contribution in [3.63, 3.8) is 0 Å². The molecule has 1 aliphatic heterocycles. The van der Waals surface area contributed by atoms with Gasteiger partial charge in [-0.1, -0.05) is 0 Å². The number of benzene rings is 1. The summed E-state index contributed by atoms with van der Waals surface area (Å²) >= 11 is 0. The monoisotopic (exact) mass is 483 g/mol. The maximum Gasteiger partial charge on any atom is 0.254 e. The normalized spacial score (nSPS) is 20.1. The van der Waals surface area contributed by atoms with Gasteiger partial charge in [0.15, 0.2) is 5.82 Å². The first-order valence-corrected chi connectivity index (χ1v) is 12.4. The molecule has 9 nitrogen and oxygen atoms in total. The number of nitrogens with two attached hydrogens (primary N) is 1. The van der Waals surface area contributed by atoms with Crippen molar-refractivity contribution >= 4 is 28.0 Å². The number of carbonyl (C=O) groups excluding carboxylic acids is 1. The number of hydrogen-bond acceptors (Lipinski definition) is 6. The fourth-order valence-corrected chi connectivity index (χ4v) is 5.41. The molecular weight excluding hydrogens is 454 g/mol. The number of rotatable bonds is 5. The van der Waals surface area contributed by atoms with Crippen LogP contribution in [0.5, 0.6) is 5.75 Å². The number of likely N-dealkylation sites (tertiary alicyclic amines) is 1. The van der Waals surface area contributed by atoms with Gasteiger partial charge in [-0.15, -0.1) is 0 Å². The summed E-state index contributed by atoms with van der Waals surface area (Å²) in [6.45, 7) is 1.72.